The second kappa shape index (κ2) is 9.87. The molecule has 1 saturated heterocycles. The summed E-state index contributed by atoms with van der Waals surface area (Å²) >= 11 is 0. The zero-order valence-electron chi connectivity index (χ0n) is 18.8. The van der Waals surface area contributed by atoms with Gasteiger partial charge in [-0.1, -0.05) is 29.4 Å². The van der Waals surface area contributed by atoms with Gasteiger partial charge in [0.25, 0.3) is 5.91 Å². The predicted octanol–water partition coefficient (Wildman–Crippen LogP) is 3.84. The Hall–Kier alpha value is -3.32. The number of methoxy groups -OCH3 is 1. The van der Waals surface area contributed by atoms with Crippen LogP contribution in [-0.2, 0) is 13.2 Å². The van der Waals surface area contributed by atoms with E-state index >= 15 is 0 Å². The van der Waals surface area contributed by atoms with Gasteiger partial charge in [-0.2, -0.15) is 0 Å². The van der Waals surface area contributed by atoms with Crippen LogP contribution in [0.3, 0.4) is 0 Å². The molecule has 1 aromatic heterocycles. The van der Waals surface area contributed by atoms with Gasteiger partial charge in [0.15, 0.2) is 5.69 Å². The molecule has 32 heavy (non-hydrogen) atoms. The van der Waals surface area contributed by atoms with Crippen molar-refractivity contribution in [2.45, 2.75) is 27.0 Å². The minimum absolute atomic E-state index is 0.103. The minimum Gasteiger partial charge on any atom is -0.497 e. The summed E-state index contributed by atoms with van der Waals surface area (Å²) in [4.78, 5) is 17.3. The van der Waals surface area contributed by atoms with Crippen LogP contribution in [-0.4, -0.2) is 54.2 Å². The van der Waals surface area contributed by atoms with Crippen LogP contribution in [0.4, 0.5) is 0 Å². The number of aryl methyl sites for hydroxylation is 2. The number of hydrogen-bond acceptors (Lipinski definition) is 6. The van der Waals surface area contributed by atoms with Crippen LogP contribution >= 0.6 is 0 Å². The third-order valence-corrected chi connectivity index (χ3v) is 5.78. The molecule has 2 heterocycles. The summed E-state index contributed by atoms with van der Waals surface area (Å²) in [6, 6.07) is 15.9. The average molecular weight is 436 g/mol. The highest BCUT2D eigenvalue weighted by Gasteiger charge is 2.28. The van der Waals surface area contributed by atoms with Gasteiger partial charge in [0.05, 0.1) is 12.7 Å². The molecule has 7 nitrogen and oxygen atoms in total. The normalized spacial score (nSPS) is 14.4. The number of rotatable bonds is 7. The second-order valence-corrected chi connectivity index (χ2v) is 8.09. The van der Waals surface area contributed by atoms with Crippen LogP contribution in [0.15, 0.2) is 53.1 Å². The van der Waals surface area contributed by atoms with Crippen LogP contribution in [0.1, 0.15) is 32.9 Å². The quantitative estimate of drug-likeness (QED) is 0.562. The van der Waals surface area contributed by atoms with Gasteiger partial charge >= 0.3 is 0 Å². The lowest BCUT2D eigenvalue weighted by Crippen LogP contribution is -2.48. The SMILES string of the molecule is COc1ccc(CN2CCN(C(=O)c3noc(C)c3COc3cccc(C)c3)CC2)cc1. The zero-order valence-corrected chi connectivity index (χ0v) is 18.8. The molecule has 0 radical (unpaired) electrons. The van der Waals surface area contributed by atoms with Crippen molar-refractivity contribution >= 4 is 5.91 Å². The maximum absolute atomic E-state index is 13.2. The molecule has 0 bridgehead atoms. The first-order chi connectivity index (χ1) is 15.5. The molecule has 0 saturated carbocycles. The zero-order chi connectivity index (χ0) is 22.5. The Labute approximate surface area is 188 Å². The van der Waals surface area contributed by atoms with Crippen LogP contribution in [0.5, 0.6) is 11.5 Å². The van der Waals surface area contributed by atoms with Crippen LogP contribution in [0.25, 0.3) is 0 Å². The maximum atomic E-state index is 13.2. The van der Waals surface area contributed by atoms with Gasteiger partial charge in [-0.15, -0.1) is 0 Å². The summed E-state index contributed by atoms with van der Waals surface area (Å²) in [5, 5.41) is 4.05. The predicted molar refractivity (Wildman–Crippen MR) is 121 cm³/mol. The standard InChI is InChI=1S/C25H29N3O4/c1-18-5-4-6-22(15-18)31-17-23-19(2)32-26-24(23)25(29)28-13-11-27(12-14-28)16-20-7-9-21(30-3)10-8-20/h4-10,15H,11-14,16-17H2,1-3H3. The molecule has 3 aromatic rings. The summed E-state index contributed by atoms with van der Waals surface area (Å²) in [7, 11) is 1.67. The highest BCUT2D eigenvalue weighted by atomic mass is 16.5. The Morgan fingerprint density at radius 3 is 2.47 bits per heavy atom. The first-order valence-corrected chi connectivity index (χ1v) is 10.8. The van der Waals surface area contributed by atoms with E-state index in [4.69, 9.17) is 14.0 Å². The molecule has 0 aliphatic carbocycles. The van der Waals surface area contributed by atoms with Crippen LogP contribution in [0, 0.1) is 13.8 Å². The number of aromatic nitrogens is 1. The number of hydrogen-bond donors (Lipinski definition) is 0. The van der Waals surface area contributed by atoms with Crippen molar-refractivity contribution in [2.75, 3.05) is 33.3 Å². The van der Waals surface area contributed by atoms with E-state index in [2.05, 4.69) is 22.2 Å². The van der Waals surface area contributed by atoms with E-state index in [0.29, 0.717) is 30.1 Å². The van der Waals surface area contributed by atoms with Gasteiger partial charge in [0.2, 0.25) is 0 Å². The van der Waals surface area contributed by atoms with Gasteiger partial charge in [-0.05, 0) is 49.2 Å². The fourth-order valence-electron chi connectivity index (χ4n) is 3.84. The summed E-state index contributed by atoms with van der Waals surface area (Å²) < 4.78 is 16.5. The fraction of sp³-hybridized carbons (Fsp3) is 0.360. The second-order valence-electron chi connectivity index (χ2n) is 8.09. The molecular weight excluding hydrogens is 406 g/mol. The summed E-state index contributed by atoms with van der Waals surface area (Å²) in [5.41, 5.74) is 3.40. The van der Waals surface area contributed by atoms with Crippen molar-refractivity contribution in [3.05, 3.63) is 76.7 Å². The Morgan fingerprint density at radius 1 is 1.03 bits per heavy atom. The lowest BCUT2D eigenvalue weighted by atomic mass is 10.1. The number of piperazine rings is 1. The number of benzene rings is 2. The molecule has 4 rings (SSSR count). The molecule has 0 spiro atoms. The number of nitrogens with zero attached hydrogens (tertiary/aromatic N) is 3. The molecular formula is C25H29N3O4. The third kappa shape index (κ3) is 5.11. The topological polar surface area (TPSA) is 68.0 Å². The average Bonchev–Trinajstić information content (AvgIpc) is 3.18. The van der Waals surface area contributed by atoms with E-state index < -0.39 is 0 Å². The highest BCUT2D eigenvalue weighted by molar-refractivity contribution is 5.93. The molecule has 1 aliphatic heterocycles. The van der Waals surface area contributed by atoms with E-state index in [1.165, 1.54) is 5.56 Å². The van der Waals surface area contributed by atoms with E-state index in [9.17, 15) is 4.79 Å². The Morgan fingerprint density at radius 2 is 1.78 bits per heavy atom. The smallest absolute Gasteiger partial charge is 0.276 e. The maximum Gasteiger partial charge on any atom is 0.276 e. The number of amides is 1. The van der Waals surface area contributed by atoms with Crippen LogP contribution in [0.2, 0.25) is 0 Å². The molecule has 1 aliphatic rings. The van der Waals surface area contributed by atoms with Gasteiger partial charge in [-0.3, -0.25) is 9.69 Å². The summed E-state index contributed by atoms with van der Waals surface area (Å²) in [5.74, 6) is 2.12. The van der Waals surface area contributed by atoms with Crippen molar-refractivity contribution in [1.29, 1.82) is 0 Å². The number of carbonyl (C=O) groups excluding carboxylic acids is 1. The lowest BCUT2D eigenvalue weighted by Gasteiger charge is -2.34. The van der Waals surface area contributed by atoms with Gasteiger partial charge < -0.3 is 18.9 Å². The monoisotopic (exact) mass is 435 g/mol. The minimum atomic E-state index is -0.103. The largest absolute Gasteiger partial charge is 0.497 e. The van der Waals surface area contributed by atoms with E-state index in [-0.39, 0.29) is 12.5 Å². The van der Waals surface area contributed by atoms with E-state index in [0.717, 1.165) is 36.7 Å². The van der Waals surface area contributed by atoms with Gasteiger partial charge in [0.1, 0.15) is 23.9 Å². The number of carbonyl (C=O) groups is 1. The Bertz CT molecular complexity index is 1050. The number of ether oxygens (including phenoxy) is 2. The first kappa shape index (κ1) is 21.9. The van der Waals surface area contributed by atoms with Crippen molar-refractivity contribution < 1.29 is 18.8 Å². The van der Waals surface area contributed by atoms with E-state index in [1.54, 1.807) is 7.11 Å². The fourth-order valence-corrected chi connectivity index (χ4v) is 3.84. The molecule has 1 fully saturated rings. The van der Waals surface area contributed by atoms with Crippen LogP contribution < -0.4 is 9.47 Å². The van der Waals surface area contributed by atoms with Gasteiger partial charge in [0, 0.05) is 32.7 Å². The molecule has 0 unspecified atom stereocenters. The summed E-state index contributed by atoms with van der Waals surface area (Å²) in [6.45, 7) is 7.85. The van der Waals surface area contributed by atoms with Crippen molar-refractivity contribution in [3.8, 4) is 11.5 Å². The highest BCUT2D eigenvalue weighted by Crippen LogP contribution is 2.21. The molecule has 168 valence electrons. The molecule has 2 aromatic carbocycles. The van der Waals surface area contributed by atoms with Crippen molar-refractivity contribution in [2.24, 2.45) is 0 Å². The molecule has 0 atom stereocenters. The molecule has 0 N–H and O–H groups in total. The van der Waals surface area contributed by atoms with Crippen molar-refractivity contribution in [3.63, 3.8) is 0 Å². The Kier molecular flexibility index (Phi) is 6.75. The first-order valence-electron chi connectivity index (χ1n) is 10.8. The lowest BCUT2D eigenvalue weighted by molar-refractivity contribution is 0.0616. The van der Waals surface area contributed by atoms with Gasteiger partial charge in [-0.25, -0.2) is 0 Å². The third-order valence-electron chi connectivity index (χ3n) is 5.78. The van der Waals surface area contributed by atoms with Crippen molar-refractivity contribution in [1.82, 2.24) is 15.0 Å². The van der Waals surface area contributed by atoms with E-state index in [1.807, 2.05) is 55.1 Å². The summed E-state index contributed by atoms with van der Waals surface area (Å²) in [6.07, 6.45) is 0. The molecule has 7 heteroatoms. The Balaban J connectivity index is 1.35. The molecule has 1 amide bonds.